The first kappa shape index (κ1) is 22.0. The summed E-state index contributed by atoms with van der Waals surface area (Å²) in [5.41, 5.74) is 0.470. The summed E-state index contributed by atoms with van der Waals surface area (Å²) in [5, 5.41) is 21.2. The molecule has 1 amide bonds. The lowest BCUT2D eigenvalue weighted by molar-refractivity contribution is -0.140. The monoisotopic (exact) mass is 451 g/mol. The van der Waals surface area contributed by atoms with Crippen LogP contribution in [0.25, 0.3) is 5.76 Å². The summed E-state index contributed by atoms with van der Waals surface area (Å²) in [5.74, 6) is -1.90. The van der Waals surface area contributed by atoms with E-state index in [4.69, 9.17) is 32.7 Å². The molecule has 1 aliphatic rings. The third-order valence-electron chi connectivity index (χ3n) is 4.74. The number of aliphatic hydroxyl groups excluding tert-OH is 1. The summed E-state index contributed by atoms with van der Waals surface area (Å²) in [6.07, 6.45) is 0. The third kappa shape index (κ3) is 3.96. The number of rotatable bonds is 6. The van der Waals surface area contributed by atoms with E-state index in [0.717, 1.165) is 0 Å². The molecule has 1 saturated heterocycles. The second-order valence-electron chi connectivity index (χ2n) is 6.55. The van der Waals surface area contributed by atoms with Crippen LogP contribution in [0.15, 0.2) is 42.0 Å². The van der Waals surface area contributed by atoms with Crippen LogP contribution in [-0.2, 0) is 14.3 Å². The van der Waals surface area contributed by atoms with Gasteiger partial charge in [-0.3, -0.25) is 9.59 Å². The number of carbonyl (C=O) groups excluding carboxylic acids is 2. The van der Waals surface area contributed by atoms with Gasteiger partial charge < -0.3 is 24.6 Å². The molecule has 1 aliphatic heterocycles. The van der Waals surface area contributed by atoms with Crippen LogP contribution in [0.1, 0.15) is 17.2 Å². The van der Waals surface area contributed by atoms with E-state index < -0.39 is 23.5 Å². The Balaban J connectivity index is 2.21. The van der Waals surface area contributed by atoms with Crippen molar-refractivity contribution >= 4 is 40.7 Å². The van der Waals surface area contributed by atoms with Gasteiger partial charge in [0.2, 0.25) is 0 Å². The van der Waals surface area contributed by atoms with Crippen LogP contribution < -0.4 is 4.74 Å². The SMILES string of the molecule is COCCN1C(=O)C(=O)/C(=C(/O)c2cc(Cl)c(OC)c(Cl)c2)C1c1cccc(O)c1. The molecular formula is C21H19Cl2NO6. The Hall–Kier alpha value is -2.74. The number of ketones is 1. The molecule has 1 heterocycles. The molecule has 0 bridgehead atoms. The minimum absolute atomic E-state index is 0.0413. The average Bonchev–Trinajstić information content (AvgIpc) is 2.96. The van der Waals surface area contributed by atoms with Crippen LogP contribution in [0.5, 0.6) is 11.5 Å². The van der Waals surface area contributed by atoms with E-state index in [-0.39, 0.29) is 45.8 Å². The fourth-order valence-corrected chi connectivity index (χ4v) is 4.03. The molecule has 1 unspecified atom stereocenters. The minimum atomic E-state index is -0.924. The molecule has 30 heavy (non-hydrogen) atoms. The number of methoxy groups -OCH3 is 2. The zero-order chi connectivity index (χ0) is 22.0. The van der Waals surface area contributed by atoms with Crippen molar-refractivity contribution in [3.05, 3.63) is 63.1 Å². The van der Waals surface area contributed by atoms with Crippen molar-refractivity contribution in [2.45, 2.75) is 6.04 Å². The lowest BCUT2D eigenvalue weighted by Crippen LogP contribution is -2.32. The highest BCUT2D eigenvalue weighted by Crippen LogP contribution is 2.42. The first-order valence-electron chi connectivity index (χ1n) is 8.89. The van der Waals surface area contributed by atoms with Gasteiger partial charge in [-0.2, -0.15) is 0 Å². The fourth-order valence-electron chi connectivity index (χ4n) is 3.39. The Morgan fingerprint density at radius 2 is 1.80 bits per heavy atom. The number of halogens is 2. The van der Waals surface area contributed by atoms with Gasteiger partial charge in [0.15, 0.2) is 5.75 Å². The zero-order valence-electron chi connectivity index (χ0n) is 16.2. The number of carbonyl (C=O) groups is 2. The molecule has 158 valence electrons. The number of hydrogen-bond acceptors (Lipinski definition) is 6. The van der Waals surface area contributed by atoms with Crippen LogP contribution in [0.4, 0.5) is 0 Å². The third-order valence-corrected chi connectivity index (χ3v) is 5.30. The number of hydrogen-bond donors (Lipinski definition) is 2. The second-order valence-corrected chi connectivity index (χ2v) is 7.37. The smallest absolute Gasteiger partial charge is 0.295 e. The van der Waals surface area contributed by atoms with Crippen LogP contribution >= 0.6 is 23.2 Å². The van der Waals surface area contributed by atoms with E-state index in [1.54, 1.807) is 12.1 Å². The molecule has 7 nitrogen and oxygen atoms in total. The molecule has 9 heteroatoms. The molecule has 0 spiro atoms. The normalized spacial score (nSPS) is 18.1. The van der Waals surface area contributed by atoms with Gasteiger partial charge in [0.25, 0.3) is 11.7 Å². The summed E-state index contributed by atoms with van der Waals surface area (Å²) < 4.78 is 10.2. The van der Waals surface area contributed by atoms with E-state index in [1.807, 2.05) is 0 Å². The van der Waals surface area contributed by atoms with Crippen LogP contribution in [0.3, 0.4) is 0 Å². The van der Waals surface area contributed by atoms with Crippen molar-refractivity contribution in [3.8, 4) is 11.5 Å². The number of amides is 1. The van der Waals surface area contributed by atoms with Gasteiger partial charge in [0.05, 0.1) is 35.4 Å². The first-order chi connectivity index (χ1) is 14.3. The number of ether oxygens (including phenoxy) is 2. The summed E-state index contributed by atoms with van der Waals surface area (Å²) in [4.78, 5) is 26.8. The maximum absolute atomic E-state index is 12.9. The average molecular weight is 452 g/mol. The van der Waals surface area contributed by atoms with Crippen molar-refractivity contribution in [1.82, 2.24) is 4.90 Å². The molecule has 0 aromatic heterocycles. The fraction of sp³-hybridized carbons (Fsp3) is 0.238. The highest BCUT2D eigenvalue weighted by atomic mass is 35.5. The lowest BCUT2D eigenvalue weighted by Gasteiger charge is -2.25. The van der Waals surface area contributed by atoms with Gasteiger partial charge in [-0.15, -0.1) is 0 Å². The van der Waals surface area contributed by atoms with Crippen molar-refractivity contribution in [3.63, 3.8) is 0 Å². The van der Waals surface area contributed by atoms with Crippen molar-refractivity contribution in [2.75, 3.05) is 27.4 Å². The molecule has 2 aromatic carbocycles. The van der Waals surface area contributed by atoms with Crippen LogP contribution in [-0.4, -0.2) is 54.2 Å². The van der Waals surface area contributed by atoms with Gasteiger partial charge in [-0.25, -0.2) is 0 Å². The highest BCUT2D eigenvalue weighted by Gasteiger charge is 2.46. The van der Waals surface area contributed by atoms with Gasteiger partial charge in [-0.1, -0.05) is 35.3 Å². The highest BCUT2D eigenvalue weighted by molar-refractivity contribution is 6.46. The first-order valence-corrected chi connectivity index (χ1v) is 9.65. The predicted molar refractivity (Wildman–Crippen MR) is 112 cm³/mol. The topological polar surface area (TPSA) is 96.3 Å². The molecule has 0 aliphatic carbocycles. The minimum Gasteiger partial charge on any atom is -0.508 e. The summed E-state index contributed by atoms with van der Waals surface area (Å²) >= 11 is 12.3. The predicted octanol–water partition coefficient (Wildman–Crippen LogP) is 3.78. The number of likely N-dealkylation sites (tertiary alicyclic amines) is 1. The van der Waals surface area contributed by atoms with E-state index >= 15 is 0 Å². The molecule has 1 atom stereocenters. The Morgan fingerprint density at radius 3 is 2.37 bits per heavy atom. The van der Waals surface area contributed by atoms with Crippen molar-refractivity contribution in [1.29, 1.82) is 0 Å². The largest absolute Gasteiger partial charge is 0.508 e. The van der Waals surface area contributed by atoms with Crippen molar-refractivity contribution < 1.29 is 29.3 Å². The summed E-state index contributed by atoms with van der Waals surface area (Å²) in [6, 6.07) is 7.99. The van der Waals surface area contributed by atoms with E-state index in [9.17, 15) is 19.8 Å². The Morgan fingerprint density at radius 1 is 1.13 bits per heavy atom. The Bertz CT molecular complexity index is 1010. The van der Waals surface area contributed by atoms with E-state index in [0.29, 0.717) is 5.56 Å². The molecule has 2 aromatic rings. The standard InChI is InChI=1S/C21H19Cl2NO6/c1-29-7-6-24-17(11-4-3-5-13(25)8-11)16(19(27)21(24)28)18(26)12-9-14(22)20(30-2)15(23)10-12/h3-5,8-10,17,25-26H,6-7H2,1-2H3/b18-16+. The summed E-state index contributed by atoms with van der Waals surface area (Å²) in [7, 11) is 2.87. The number of aliphatic hydroxyl groups is 1. The lowest BCUT2D eigenvalue weighted by atomic mass is 9.95. The maximum Gasteiger partial charge on any atom is 0.295 e. The number of nitrogens with zero attached hydrogens (tertiary/aromatic N) is 1. The van der Waals surface area contributed by atoms with Gasteiger partial charge in [0.1, 0.15) is 11.5 Å². The Labute approximate surface area is 183 Å². The molecule has 0 radical (unpaired) electrons. The van der Waals surface area contributed by atoms with E-state index in [1.165, 1.54) is 43.4 Å². The van der Waals surface area contributed by atoms with E-state index in [2.05, 4.69) is 0 Å². The molecular weight excluding hydrogens is 433 g/mol. The van der Waals surface area contributed by atoms with Crippen LogP contribution in [0.2, 0.25) is 10.0 Å². The quantitative estimate of drug-likeness (QED) is 0.394. The maximum atomic E-state index is 12.9. The van der Waals surface area contributed by atoms with Gasteiger partial charge >= 0.3 is 0 Å². The second kappa shape index (κ2) is 8.95. The van der Waals surface area contributed by atoms with Crippen molar-refractivity contribution in [2.24, 2.45) is 0 Å². The molecule has 3 rings (SSSR count). The van der Waals surface area contributed by atoms with Gasteiger partial charge in [-0.05, 0) is 29.8 Å². The van der Waals surface area contributed by atoms with Gasteiger partial charge in [0, 0.05) is 19.2 Å². The number of benzene rings is 2. The number of phenolic OH excluding ortho intramolecular Hbond substituents is 1. The Kier molecular flexibility index (Phi) is 6.55. The summed E-state index contributed by atoms with van der Waals surface area (Å²) in [6.45, 7) is 0.296. The molecule has 0 saturated carbocycles. The molecule has 1 fully saturated rings. The van der Waals surface area contributed by atoms with Crippen LogP contribution in [0, 0.1) is 0 Å². The number of phenols is 1. The zero-order valence-corrected chi connectivity index (χ0v) is 17.7. The molecule has 2 N–H and O–H groups in total. The number of Topliss-reactive ketones (excluding diaryl/α,β-unsaturated/α-hetero) is 1. The number of aromatic hydroxyl groups is 1.